The van der Waals surface area contributed by atoms with Crippen LogP contribution in [0.4, 0.5) is 0 Å². The fourth-order valence-electron chi connectivity index (χ4n) is 4.61. The van der Waals surface area contributed by atoms with Crippen LogP contribution >= 0.6 is 0 Å². The highest BCUT2D eigenvalue weighted by Gasteiger charge is 2.33. The third-order valence-electron chi connectivity index (χ3n) is 6.65. The summed E-state index contributed by atoms with van der Waals surface area (Å²) in [5.74, 6) is 1.78. The minimum absolute atomic E-state index is 0.166. The van der Waals surface area contributed by atoms with E-state index < -0.39 is 5.60 Å². The number of fused-ring (bicyclic) bond motifs is 2. The molecule has 0 atom stereocenters. The van der Waals surface area contributed by atoms with Crippen LogP contribution in [0.25, 0.3) is 11.2 Å². The highest BCUT2D eigenvalue weighted by Crippen LogP contribution is 2.33. The molecule has 34 heavy (non-hydrogen) atoms. The molecule has 3 aromatic heterocycles. The number of nitrogens with zero attached hydrogens (tertiary/aromatic N) is 4. The lowest BCUT2D eigenvalue weighted by Crippen LogP contribution is -2.42. The first-order chi connectivity index (χ1) is 16.5. The summed E-state index contributed by atoms with van der Waals surface area (Å²) in [6, 6.07) is 5.36. The van der Waals surface area contributed by atoms with Crippen LogP contribution < -0.4 is 25.1 Å². The van der Waals surface area contributed by atoms with Crippen molar-refractivity contribution in [2.45, 2.75) is 56.8 Å². The second kappa shape index (κ2) is 9.55. The summed E-state index contributed by atoms with van der Waals surface area (Å²) in [6.45, 7) is 2.10. The predicted octanol–water partition coefficient (Wildman–Crippen LogP) is 1.82. The Bertz CT molecular complexity index is 1220. The molecule has 0 radical (unpaired) electrons. The second-order valence-electron chi connectivity index (χ2n) is 8.89. The lowest BCUT2D eigenvalue weighted by atomic mass is 9.80. The van der Waals surface area contributed by atoms with E-state index in [9.17, 15) is 9.90 Å². The summed E-state index contributed by atoms with van der Waals surface area (Å²) < 4.78 is 17.9. The van der Waals surface area contributed by atoms with E-state index in [2.05, 4.69) is 20.3 Å². The number of aryl methyl sites for hydroxylation is 1. The summed E-state index contributed by atoms with van der Waals surface area (Å²) >= 11 is 0. The fraction of sp³-hybridized carbons (Fsp3) is 0.500. The molecule has 0 saturated heterocycles. The highest BCUT2D eigenvalue weighted by atomic mass is 16.6. The molecule has 1 saturated carbocycles. The Labute approximate surface area is 196 Å². The maximum absolute atomic E-state index is 12.5. The largest absolute Gasteiger partial charge is 0.486 e. The van der Waals surface area contributed by atoms with Gasteiger partial charge in [-0.05, 0) is 38.2 Å². The lowest BCUT2D eigenvalue weighted by Gasteiger charge is -2.36. The first-order valence-corrected chi connectivity index (χ1v) is 11.6. The van der Waals surface area contributed by atoms with E-state index in [0.717, 1.165) is 24.3 Å². The van der Waals surface area contributed by atoms with E-state index in [0.29, 0.717) is 74.4 Å². The van der Waals surface area contributed by atoms with Crippen LogP contribution in [0.15, 0.2) is 35.4 Å². The molecule has 0 aromatic carbocycles. The van der Waals surface area contributed by atoms with Gasteiger partial charge < -0.3 is 24.6 Å². The number of ether oxygens (including phenoxy) is 3. The molecule has 3 aromatic rings. The first-order valence-electron chi connectivity index (χ1n) is 11.6. The second-order valence-corrected chi connectivity index (χ2v) is 8.89. The van der Waals surface area contributed by atoms with E-state index in [-0.39, 0.29) is 5.56 Å². The van der Waals surface area contributed by atoms with Crippen LogP contribution in [0.3, 0.4) is 0 Å². The number of hydrogen-bond acceptors (Lipinski definition) is 9. The smallest absolute Gasteiger partial charge is 0.252 e. The molecular weight excluding hydrogens is 438 g/mol. The van der Waals surface area contributed by atoms with E-state index in [1.807, 2.05) is 6.07 Å². The first kappa shape index (κ1) is 22.5. The van der Waals surface area contributed by atoms with Crippen LogP contribution in [0.2, 0.25) is 0 Å². The number of pyridine rings is 2. The summed E-state index contributed by atoms with van der Waals surface area (Å²) in [6.07, 6.45) is 6.72. The van der Waals surface area contributed by atoms with Crippen LogP contribution in [-0.4, -0.2) is 56.6 Å². The third kappa shape index (κ3) is 4.83. The SMILES string of the molecule is COc1cnc2ccc(=O)n(CCC3(O)CCC(NCc4cc5c(cn4)OCCO5)CC3)c2n1. The highest BCUT2D eigenvalue weighted by molar-refractivity contribution is 5.70. The number of aliphatic hydroxyl groups is 1. The monoisotopic (exact) mass is 467 g/mol. The van der Waals surface area contributed by atoms with Crippen LogP contribution in [0.1, 0.15) is 37.8 Å². The molecule has 1 aliphatic carbocycles. The normalized spacial score (nSPS) is 22.0. The molecule has 0 spiro atoms. The summed E-state index contributed by atoms with van der Waals surface area (Å²) in [7, 11) is 1.51. The van der Waals surface area contributed by atoms with Crippen molar-refractivity contribution in [2.24, 2.45) is 0 Å². The van der Waals surface area contributed by atoms with E-state index in [4.69, 9.17) is 14.2 Å². The Balaban J connectivity index is 1.17. The molecule has 4 heterocycles. The number of hydrogen-bond donors (Lipinski definition) is 2. The van der Waals surface area contributed by atoms with Gasteiger partial charge in [-0.3, -0.25) is 14.3 Å². The predicted molar refractivity (Wildman–Crippen MR) is 124 cm³/mol. The van der Waals surface area contributed by atoms with Gasteiger partial charge in [-0.15, -0.1) is 0 Å². The molecule has 10 nitrogen and oxygen atoms in total. The van der Waals surface area contributed by atoms with Crippen LogP contribution in [0, 0.1) is 0 Å². The minimum atomic E-state index is -0.818. The topological polar surface area (TPSA) is 121 Å². The molecular formula is C24H29N5O5. The van der Waals surface area contributed by atoms with E-state index in [1.165, 1.54) is 19.4 Å². The van der Waals surface area contributed by atoms with Gasteiger partial charge in [-0.2, -0.15) is 4.98 Å². The van der Waals surface area contributed by atoms with Gasteiger partial charge in [0.25, 0.3) is 5.56 Å². The van der Waals surface area contributed by atoms with Crippen LogP contribution in [0.5, 0.6) is 17.4 Å². The van der Waals surface area contributed by atoms with Gasteiger partial charge in [0.2, 0.25) is 5.88 Å². The van der Waals surface area contributed by atoms with Gasteiger partial charge in [0.1, 0.15) is 18.7 Å². The average molecular weight is 468 g/mol. The van der Waals surface area contributed by atoms with Crippen molar-refractivity contribution in [3.63, 3.8) is 0 Å². The van der Waals surface area contributed by atoms with Gasteiger partial charge in [0.15, 0.2) is 17.1 Å². The Kier molecular flexibility index (Phi) is 6.34. The molecule has 0 unspecified atom stereocenters. The summed E-state index contributed by atoms with van der Waals surface area (Å²) in [4.78, 5) is 25.7. The number of nitrogens with one attached hydrogen (secondary N) is 1. The zero-order valence-corrected chi connectivity index (χ0v) is 19.2. The van der Waals surface area contributed by atoms with Crippen LogP contribution in [-0.2, 0) is 13.1 Å². The molecule has 10 heteroatoms. The third-order valence-corrected chi connectivity index (χ3v) is 6.65. The Morgan fingerprint density at radius 3 is 2.76 bits per heavy atom. The minimum Gasteiger partial charge on any atom is -0.486 e. The summed E-state index contributed by atoms with van der Waals surface area (Å²) in [5.41, 5.74) is 1.00. The maximum atomic E-state index is 12.5. The van der Waals surface area contributed by atoms with Crippen molar-refractivity contribution in [2.75, 3.05) is 20.3 Å². The molecule has 1 aliphatic heterocycles. The molecule has 2 N–H and O–H groups in total. The Morgan fingerprint density at radius 2 is 1.97 bits per heavy atom. The van der Waals surface area contributed by atoms with E-state index >= 15 is 0 Å². The molecule has 2 aliphatic rings. The Hall–Kier alpha value is -3.24. The van der Waals surface area contributed by atoms with Crippen molar-refractivity contribution >= 4 is 11.2 Å². The van der Waals surface area contributed by atoms with Gasteiger partial charge in [-0.1, -0.05) is 0 Å². The van der Waals surface area contributed by atoms with Crippen molar-refractivity contribution in [3.05, 3.63) is 46.6 Å². The zero-order valence-electron chi connectivity index (χ0n) is 19.2. The maximum Gasteiger partial charge on any atom is 0.252 e. The van der Waals surface area contributed by atoms with Crippen molar-refractivity contribution in [1.82, 2.24) is 24.8 Å². The average Bonchev–Trinajstić information content (AvgIpc) is 2.87. The quantitative estimate of drug-likeness (QED) is 0.536. The molecule has 0 bridgehead atoms. The van der Waals surface area contributed by atoms with Crippen molar-refractivity contribution in [1.29, 1.82) is 0 Å². The molecule has 0 amide bonds. The van der Waals surface area contributed by atoms with Crippen molar-refractivity contribution in [3.8, 4) is 17.4 Å². The van der Waals surface area contributed by atoms with Gasteiger partial charge in [-0.25, -0.2) is 4.98 Å². The van der Waals surface area contributed by atoms with Gasteiger partial charge in [0.05, 0.1) is 30.8 Å². The molecule has 1 fully saturated rings. The number of methoxy groups -OCH3 is 1. The number of rotatable bonds is 7. The molecule has 5 rings (SSSR count). The lowest BCUT2D eigenvalue weighted by molar-refractivity contribution is -0.0144. The van der Waals surface area contributed by atoms with Crippen molar-refractivity contribution < 1.29 is 19.3 Å². The molecule has 180 valence electrons. The Morgan fingerprint density at radius 1 is 1.18 bits per heavy atom. The van der Waals surface area contributed by atoms with E-state index in [1.54, 1.807) is 16.8 Å². The van der Waals surface area contributed by atoms with Gasteiger partial charge >= 0.3 is 0 Å². The van der Waals surface area contributed by atoms with Gasteiger partial charge in [0, 0.05) is 31.3 Å². The summed E-state index contributed by atoms with van der Waals surface area (Å²) in [5, 5.41) is 14.7. The fourth-order valence-corrected chi connectivity index (χ4v) is 4.61. The standard InChI is InChI=1S/C24H29N5O5/c1-32-21-15-27-18-2-3-22(30)29(23(18)28-21)9-8-24(31)6-4-16(5-7-24)25-13-17-12-19-20(14-26-17)34-11-10-33-19/h2-3,12,14-16,25,31H,4-11,13H2,1H3. The number of aromatic nitrogens is 4. The zero-order chi connectivity index (χ0) is 23.5.